The lowest BCUT2D eigenvalue weighted by Crippen LogP contribution is -2.46. The molecule has 31 heavy (non-hydrogen) atoms. The Morgan fingerprint density at radius 3 is 2.65 bits per heavy atom. The van der Waals surface area contributed by atoms with Crippen LogP contribution >= 0.6 is 35.6 Å². The van der Waals surface area contributed by atoms with Gasteiger partial charge >= 0.3 is 0 Å². The average molecular weight is 561 g/mol. The van der Waals surface area contributed by atoms with Gasteiger partial charge in [-0.25, -0.2) is 0 Å². The van der Waals surface area contributed by atoms with Crippen molar-refractivity contribution in [2.24, 2.45) is 4.99 Å². The third kappa shape index (κ3) is 7.93. The maximum absolute atomic E-state index is 6.26. The van der Waals surface area contributed by atoms with E-state index in [1.165, 1.54) is 11.3 Å². The predicted molar refractivity (Wildman–Crippen MR) is 138 cm³/mol. The number of aliphatic imine (C=N–C) groups is 1. The molecule has 0 saturated carbocycles. The largest absolute Gasteiger partial charge is 0.379 e. The summed E-state index contributed by atoms with van der Waals surface area (Å²) >= 11 is 6.26. The molecular weight excluding hydrogens is 527 g/mol. The third-order valence-corrected chi connectivity index (χ3v) is 5.58. The van der Waals surface area contributed by atoms with Crippen LogP contribution in [0.2, 0.25) is 5.02 Å². The van der Waals surface area contributed by atoms with Crippen LogP contribution in [0.4, 0.5) is 0 Å². The fourth-order valence-electron chi connectivity index (χ4n) is 3.81. The van der Waals surface area contributed by atoms with Crippen LogP contribution in [-0.4, -0.2) is 67.1 Å². The summed E-state index contributed by atoms with van der Waals surface area (Å²) in [7, 11) is 1.81. The molecule has 1 aliphatic rings. The van der Waals surface area contributed by atoms with Crippen LogP contribution < -0.4 is 10.6 Å². The van der Waals surface area contributed by atoms with Crippen LogP contribution in [0.1, 0.15) is 29.4 Å². The highest BCUT2D eigenvalue weighted by Crippen LogP contribution is 2.23. The van der Waals surface area contributed by atoms with Gasteiger partial charge in [-0.1, -0.05) is 23.7 Å². The van der Waals surface area contributed by atoms with Crippen LogP contribution in [0.25, 0.3) is 0 Å². The van der Waals surface area contributed by atoms with E-state index < -0.39 is 0 Å². The van der Waals surface area contributed by atoms with E-state index in [9.17, 15) is 0 Å². The fourth-order valence-corrected chi connectivity index (χ4v) is 4.01. The molecule has 9 heteroatoms. The first-order valence-electron chi connectivity index (χ1n) is 10.6. The Hall–Kier alpha value is -1.36. The number of hydrogen-bond donors (Lipinski definition) is 2. The fraction of sp³-hybridized carbons (Fsp3) is 0.545. The molecule has 0 amide bonds. The van der Waals surface area contributed by atoms with Crippen molar-refractivity contribution in [3.05, 3.63) is 52.3 Å². The lowest BCUT2D eigenvalue weighted by Gasteiger charge is -2.35. The highest BCUT2D eigenvalue weighted by molar-refractivity contribution is 14.0. The molecule has 1 fully saturated rings. The number of nitrogens with zero attached hydrogens (tertiary/aromatic N) is 4. The highest BCUT2D eigenvalue weighted by atomic mass is 127. The van der Waals surface area contributed by atoms with E-state index in [0.29, 0.717) is 0 Å². The van der Waals surface area contributed by atoms with Crippen LogP contribution in [0.15, 0.2) is 35.3 Å². The molecule has 1 atom stereocenters. The number of hydrogen-bond acceptors (Lipinski definition) is 4. The van der Waals surface area contributed by atoms with E-state index in [-0.39, 0.29) is 30.0 Å². The number of ether oxygens (including phenoxy) is 1. The van der Waals surface area contributed by atoms with E-state index in [2.05, 4.69) is 49.4 Å². The van der Waals surface area contributed by atoms with E-state index >= 15 is 0 Å². The molecule has 0 aliphatic carbocycles. The van der Waals surface area contributed by atoms with Gasteiger partial charge in [0, 0.05) is 50.5 Å². The number of aryl methyl sites for hydroxylation is 3. The van der Waals surface area contributed by atoms with Gasteiger partial charge in [-0.05, 0) is 44.0 Å². The molecule has 1 aliphatic heterocycles. The molecule has 1 aromatic carbocycles. The smallest absolute Gasteiger partial charge is 0.191 e. The van der Waals surface area contributed by atoms with Crippen LogP contribution in [0, 0.1) is 13.8 Å². The number of nitrogens with one attached hydrogen (secondary N) is 2. The lowest BCUT2D eigenvalue weighted by molar-refractivity contribution is 0.0170. The van der Waals surface area contributed by atoms with E-state index in [1.54, 1.807) is 7.05 Å². The van der Waals surface area contributed by atoms with Crippen LogP contribution in [0.5, 0.6) is 0 Å². The third-order valence-electron chi connectivity index (χ3n) is 5.35. The molecule has 0 radical (unpaired) electrons. The van der Waals surface area contributed by atoms with Gasteiger partial charge in [-0.3, -0.25) is 14.6 Å². The van der Waals surface area contributed by atoms with E-state index in [4.69, 9.17) is 16.3 Å². The maximum atomic E-state index is 6.26. The number of benzene rings is 1. The molecule has 172 valence electrons. The molecule has 1 unspecified atom stereocenters. The van der Waals surface area contributed by atoms with Crippen molar-refractivity contribution in [1.29, 1.82) is 0 Å². The Morgan fingerprint density at radius 1 is 1.23 bits per heavy atom. The van der Waals surface area contributed by atoms with Crippen LogP contribution in [0.3, 0.4) is 0 Å². The van der Waals surface area contributed by atoms with Gasteiger partial charge in [-0.2, -0.15) is 5.10 Å². The van der Waals surface area contributed by atoms with Crippen molar-refractivity contribution < 1.29 is 4.74 Å². The minimum Gasteiger partial charge on any atom is -0.379 e. The summed E-state index contributed by atoms with van der Waals surface area (Å²) in [6.07, 6.45) is 0.976. The van der Waals surface area contributed by atoms with Crippen molar-refractivity contribution >= 4 is 41.5 Å². The van der Waals surface area contributed by atoms with Gasteiger partial charge in [0.15, 0.2) is 5.96 Å². The van der Waals surface area contributed by atoms with Crippen molar-refractivity contribution in [2.45, 2.75) is 32.9 Å². The lowest BCUT2D eigenvalue weighted by atomic mass is 10.0. The summed E-state index contributed by atoms with van der Waals surface area (Å²) in [5.74, 6) is 0.809. The summed E-state index contributed by atoms with van der Waals surface area (Å²) in [6.45, 7) is 9.93. The quantitative estimate of drug-likeness (QED) is 0.224. The molecule has 2 heterocycles. The monoisotopic (exact) mass is 560 g/mol. The summed E-state index contributed by atoms with van der Waals surface area (Å²) in [4.78, 5) is 6.83. The number of morpholine rings is 1. The van der Waals surface area contributed by atoms with E-state index in [1.807, 2.05) is 25.1 Å². The Morgan fingerprint density at radius 2 is 2.00 bits per heavy atom. The molecule has 2 N–H and O–H groups in total. The van der Waals surface area contributed by atoms with Gasteiger partial charge in [0.05, 0.1) is 24.9 Å². The number of rotatable bonds is 8. The average Bonchev–Trinajstić information content (AvgIpc) is 3.07. The van der Waals surface area contributed by atoms with Gasteiger partial charge in [-0.15, -0.1) is 24.0 Å². The van der Waals surface area contributed by atoms with Gasteiger partial charge in [0.25, 0.3) is 0 Å². The number of aromatic nitrogens is 2. The van der Waals surface area contributed by atoms with Gasteiger partial charge in [0.2, 0.25) is 0 Å². The Balaban J connectivity index is 0.00000341. The first-order chi connectivity index (χ1) is 14.6. The predicted octanol–water partition coefficient (Wildman–Crippen LogP) is 3.40. The van der Waals surface area contributed by atoms with Crippen molar-refractivity contribution in [1.82, 2.24) is 25.3 Å². The molecule has 2 aromatic rings. The normalized spacial score (nSPS) is 15.9. The Labute approximate surface area is 207 Å². The van der Waals surface area contributed by atoms with Crippen molar-refractivity contribution in [2.75, 3.05) is 46.4 Å². The van der Waals surface area contributed by atoms with Gasteiger partial charge < -0.3 is 15.4 Å². The molecule has 1 aromatic heterocycles. The second-order valence-electron chi connectivity index (χ2n) is 7.60. The highest BCUT2D eigenvalue weighted by Gasteiger charge is 2.23. The van der Waals surface area contributed by atoms with Crippen molar-refractivity contribution in [3.8, 4) is 0 Å². The number of halogens is 2. The Kier molecular flexibility index (Phi) is 11.1. The Bertz CT molecular complexity index is 837. The molecule has 3 rings (SSSR count). The second kappa shape index (κ2) is 13.2. The molecule has 1 saturated heterocycles. The van der Waals surface area contributed by atoms with E-state index in [0.717, 1.165) is 69.0 Å². The summed E-state index contributed by atoms with van der Waals surface area (Å²) < 4.78 is 7.59. The van der Waals surface area contributed by atoms with Crippen molar-refractivity contribution in [3.63, 3.8) is 0 Å². The number of guanidine groups is 1. The standard InChI is InChI=1S/C22H33ClN6O.HI/c1-17-14-18(2)29(27-17)9-5-8-25-22(24-3)26-16-21(28-10-12-30-13-11-28)19-6-4-7-20(23)15-19;/h4,6-7,14-15,21H,5,8-13,16H2,1-3H3,(H2,24,25,26);1H. The first kappa shape index (κ1) is 25.9. The molecule has 0 spiro atoms. The van der Waals surface area contributed by atoms with Gasteiger partial charge in [0.1, 0.15) is 0 Å². The topological polar surface area (TPSA) is 66.7 Å². The molecule has 7 nitrogen and oxygen atoms in total. The SMILES string of the molecule is CN=C(NCCCn1nc(C)cc1C)NCC(c1cccc(Cl)c1)N1CCOCC1.I. The summed E-state index contributed by atoms with van der Waals surface area (Å²) in [6, 6.07) is 10.4. The first-order valence-corrected chi connectivity index (χ1v) is 11.0. The summed E-state index contributed by atoms with van der Waals surface area (Å²) in [5.41, 5.74) is 3.47. The summed E-state index contributed by atoms with van der Waals surface area (Å²) in [5, 5.41) is 12.2. The molecule has 0 bridgehead atoms. The zero-order valence-corrected chi connectivity index (χ0v) is 21.7. The van der Waals surface area contributed by atoms with Crippen LogP contribution in [-0.2, 0) is 11.3 Å². The minimum atomic E-state index is 0. The minimum absolute atomic E-state index is 0. The zero-order valence-electron chi connectivity index (χ0n) is 18.6. The molecular formula is C22H34ClIN6O. The maximum Gasteiger partial charge on any atom is 0.191 e. The zero-order chi connectivity index (χ0) is 21.3. The second-order valence-corrected chi connectivity index (χ2v) is 8.04.